The van der Waals surface area contributed by atoms with Crippen LogP contribution in [0.4, 0.5) is 0 Å². The first kappa shape index (κ1) is 10.2. The van der Waals surface area contributed by atoms with E-state index >= 15 is 0 Å². The van der Waals surface area contributed by atoms with Crippen LogP contribution in [0, 0.1) is 6.92 Å². The zero-order valence-electron chi connectivity index (χ0n) is 9.05. The van der Waals surface area contributed by atoms with Crippen LogP contribution < -0.4 is 0 Å². The molecule has 0 aromatic carbocycles. The molecule has 2 rings (SSSR count). The van der Waals surface area contributed by atoms with Crippen LogP contribution in [0.3, 0.4) is 0 Å². The second kappa shape index (κ2) is 4.06. The average Bonchev–Trinajstić information content (AvgIpc) is 2.57. The number of aromatic amines is 1. The molecule has 0 atom stereocenters. The number of hydrogen-bond donors (Lipinski definition) is 1. The van der Waals surface area contributed by atoms with E-state index in [2.05, 4.69) is 4.98 Å². The Hall–Kier alpha value is -1.29. The zero-order chi connectivity index (χ0) is 10.8. The molecule has 0 fully saturated rings. The first-order valence-corrected chi connectivity index (χ1v) is 5.19. The van der Waals surface area contributed by atoms with Gasteiger partial charge in [0.05, 0.1) is 19.8 Å². The van der Waals surface area contributed by atoms with Gasteiger partial charge in [0.2, 0.25) is 0 Å². The van der Waals surface area contributed by atoms with Gasteiger partial charge in [0.15, 0.2) is 0 Å². The van der Waals surface area contributed by atoms with Gasteiger partial charge in [-0.3, -0.25) is 0 Å². The van der Waals surface area contributed by atoms with Crippen molar-refractivity contribution in [1.82, 2.24) is 4.98 Å². The molecule has 0 spiro atoms. The maximum atomic E-state index is 11.6. The molecule has 1 aromatic rings. The summed E-state index contributed by atoms with van der Waals surface area (Å²) in [7, 11) is 0. The monoisotopic (exact) mass is 209 g/mol. The van der Waals surface area contributed by atoms with Crippen molar-refractivity contribution in [3.05, 3.63) is 22.5 Å². The van der Waals surface area contributed by atoms with Gasteiger partial charge in [-0.1, -0.05) is 0 Å². The highest BCUT2D eigenvalue weighted by atomic mass is 16.5. The molecule has 2 heterocycles. The number of nitrogens with one attached hydrogen (secondary N) is 1. The fraction of sp³-hybridized carbons (Fsp3) is 0.545. The summed E-state index contributed by atoms with van der Waals surface area (Å²) >= 11 is 0. The van der Waals surface area contributed by atoms with Crippen molar-refractivity contribution in [3.63, 3.8) is 0 Å². The van der Waals surface area contributed by atoms with Crippen molar-refractivity contribution in [2.45, 2.75) is 26.9 Å². The molecule has 1 aromatic heterocycles. The molecule has 1 aliphatic heterocycles. The highest BCUT2D eigenvalue weighted by molar-refractivity contribution is 5.89. The maximum Gasteiger partial charge on any atom is 0.355 e. The Kier molecular flexibility index (Phi) is 2.77. The fourth-order valence-electron chi connectivity index (χ4n) is 1.86. The van der Waals surface area contributed by atoms with Crippen LogP contribution in [0.15, 0.2) is 0 Å². The topological polar surface area (TPSA) is 51.3 Å². The normalized spacial score (nSPS) is 14.8. The maximum absolute atomic E-state index is 11.6. The summed E-state index contributed by atoms with van der Waals surface area (Å²) in [6, 6.07) is 0. The van der Waals surface area contributed by atoms with E-state index in [1.165, 1.54) is 0 Å². The van der Waals surface area contributed by atoms with E-state index in [1.807, 2.05) is 6.92 Å². The first-order chi connectivity index (χ1) is 7.24. The molecular formula is C11H15NO3. The van der Waals surface area contributed by atoms with Gasteiger partial charge in [-0.2, -0.15) is 0 Å². The Morgan fingerprint density at radius 3 is 3.07 bits per heavy atom. The Labute approximate surface area is 88.6 Å². The second-order valence-electron chi connectivity index (χ2n) is 3.61. The predicted octanol–water partition coefficient (Wildman–Crippen LogP) is 1.57. The third-order valence-electron chi connectivity index (χ3n) is 2.69. The van der Waals surface area contributed by atoms with Crippen LogP contribution in [0.1, 0.15) is 34.2 Å². The van der Waals surface area contributed by atoms with Crippen LogP contribution in [-0.2, 0) is 22.5 Å². The third-order valence-corrected chi connectivity index (χ3v) is 2.69. The summed E-state index contributed by atoms with van der Waals surface area (Å²) < 4.78 is 10.3. The molecule has 0 radical (unpaired) electrons. The second-order valence-corrected chi connectivity index (χ2v) is 3.61. The van der Waals surface area contributed by atoms with Crippen LogP contribution in [0.25, 0.3) is 0 Å². The highest BCUT2D eigenvalue weighted by Gasteiger charge is 2.21. The lowest BCUT2D eigenvalue weighted by Crippen LogP contribution is -2.08. The molecule has 82 valence electrons. The number of hydrogen-bond acceptors (Lipinski definition) is 3. The Balaban J connectivity index is 2.32. The summed E-state index contributed by atoms with van der Waals surface area (Å²) in [6.07, 6.45) is 0.843. The lowest BCUT2D eigenvalue weighted by molar-refractivity contribution is 0.0519. The number of H-pyrrole nitrogens is 1. The number of carbonyl (C=O) groups is 1. The molecule has 0 aliphatic carbocycles. The molecule has 4 heteroatoms. The van der Waals surface area contributed by atoms with Gasteiger partial charge in [-0.15, -0.1) is 0 Å². The van der Waals surface area contributed by atoms with Gasteiger partial charge in [0.1, 0.15) is 5.69 Å². The number of carbonyl (C=O) groups excluding carboxylic acids is 1. The highest BCUT2D eigenvalue weighted by Crippen LogP contribution is 2.23. The largest absolute Gasteiger partial charge is 0.461 e. The van der Waals surface area contributed by atoms with Crippen LogP contribution in [0.5, 0.6) is 0 Å². The smallest absolute Gasteiger partial charge is 0.355 e. The van der Waals surface area contributed by atoms with Gasteiger partial charge in [0, 0.05) is 17.7 Å². The summed E-state index contributed by atoms with van der Waals surface area (Å²) in [4.78, 5) is 14.7. The van der Waals surface area contributed by atoms with E-state index in [0.717, 1.165) is 29.8 Å². The fourth-order valence-corrected chi connectivity index (χ4v) is 1.86. The number of aromatic nitrogens is 1. The number of fused-ring (bicyclic) bond motifs is 1. The van der Waals surface area contributed by atoms with Crippen molar-refractivity contribution < 1.29 is 14.3 Å². The van der Waals surface area contributed by atoms with E-state index in [1.54, 1.807) is 6.92 Å². The van der Waals surface area contributed by atoms with Crippen molar-refractivity contribution in [2.24, 2.45) is 0 Å². The van der Waals surface area contributed by atoms with Crippen molar-refractivity contribution in [2.75, 3.05) is 13.2 Å². The molecule has 1 N–H and O–H groups in total. The van der Waals surface area contributed by atoms with Gasteiger partial charge in [0.25, 0.3) is 0 Å². The van der Waals surface area contributed by atoms with E-state index in [-0.39, 0.29) is 5.97 Å². The Bertz CT molecular complexity index is 381. The average molecular weight is 209 g/mol. The van der Waals surface area contributed by atoms with E-state index < -0.39 is 0 Å². The van der Waals surface area contributed by atoms with Gasteiger partial charge in [-0.25, -0.2) is 4.79 Å². The van der Waals surface area contributed by atoms with Crippen molar-refractivity contribution in [1.29, 1.82) is 0 Å². The number of esters is 1. The van der Waals surface area contributed by atoms with Crippen molar-refractivity contribution >= 4 is 5.97 Å². The van der Waals surface area contributed by atoms with Gasteiger partial charge < -0.3 is 14.5 Å². The summed E-state index contributed by atoms with van der Waals surface area (Å²) in [5.74, 6) is -0.274. The van der Waals surface area contributed by atoms with Crippen LogP contribution >= 0.6 is 0 Å². The molecule has 4 nitrogen and oxygen atoms in total. The van der Waals surface area contributed by atoms with Crippen molar-refractivity contribution in [3.8, 4) is 0 Å². The molecule has 15 heavy (non-hydrogen) atoms. The van der Waals surface area contributed by atoms with Crippen LogP contribution in [-0.4, -0.2) is 24.2 Å². The molecule has 1 aliphatic rings. The molecule has 0 bridgehead atoms. The van der Waals surface area contributed by atoms with E-state index in [4.69, 9.17) is 9.47 Å². The minimum absolute atomic E-state index is 0.274. The molecular weight excluding hydrogens is 194 g/mol. The van der Waals surface area contributed by atoms with Gasteiger partial charge >= 0.3 is 5.97 Å². The zero-order valence-corrected chi connectivity index (χ0v) is 9.05. The Morgan fingerprint density at radius 2 is 2.40 bits per heavy atom. The quantitative estimate of drug-likeness (QED) is 0.752. The van der Waals surface area contributed by atoms with Crippen LogP contribution in [0.2, 0.25) is 0 Å². The standard InChI is InChI=1S/C11H15NO3/c1-3-15-11(13)10-7(2)8-6-14-5-4-9(8)12-10/h12H,3-6H2,1-2H3. The SMILES string of the molecule is CCOC(=O)c1[nH]c2c(c1C)COCC2. The summed E-state index contributed by atoms with van der Waals surface area (Å²) in [6.45, 7) is 5.44. The number of ether oxygens (including phenoxy) is 2. The third kappa shape index (κ3) is 1.77. The molecule has 0 saturated heterocycles. The first-order valence-electron chi connectivity index (χ1n) is 5.19. The molecule has 0 saturated carbocycles. The van der Waals surface area contributed by atoms with E-state index in [9.17, 15) is 4.79 Å². The lowest BCUT2D eigenvalue weighted by atomic mass is 10.1. The molecule has 0 amide bonds. The number of rotatable bonds is 2. The minimum Gasteiger partial charge on any atom is -0.461 e. The predicted molar refractivity (Wildman–Crippen MR) is 54.8 cm³/mol. The lowest BCUT2D eigenvalue weighted by Gasteiger charge is -2.12. The summed E-state index contributed by atoms with van der Waals surface area (Å²) in [5.41, 5.74) is 3.77. The molecule has 0 unspecified atom stereocenters. The Morgan fingerprint density at radius 1 is 1.60 bits per heavy atom. The van der Waals surface area contributed by atoms with E-state index in [0.29, 0.717) is 18.9 Å². The van der Waals surface area contributed by atoms with Gasteiger partial charge in [-0.05, 0) is 19.4 Å². The minimum atomic E-state index is -0.274. The summed E-state index contributed by atoms with van der Waals surface area (Å²) in [5, 5.41) is 0.